The van der Waals surface area contributed by atoms with Crippen molar-refractivity contribution in [3.05, 3.63) is 65.5 Å². The van der Waals surface area contributed by atoms with Gasteiger partial charge in [-0.3, -0.25) is 9.88 Å². The lowest BCUT2D eigenvalue weighted by Crippen LogP contribution is -2.21. The van der Waals surface area contributed by atoms with E-state index in [1.165, 1.54) is 16.7 Å². The fraction of sp³-hybridized carbons (Fsp3) is 0.421. The summed E-state index contributed by atoms with van der Waals surface area (Å²) >= 11 is 0. The highest BCUT2D eigenvalue weighted by molar-refractivity contribution is 5.23. The van der Waals surface area contributed by atoms with E-state index in [9.17, 15) is 5.11 Å². The zero-order valence-corrected chi connectivity index (χ0v) is 13.4. The Balaban J connectivity index is 1.55. The largest absolute Gasteiger partial charge is 0.391 e. The maximum Gasteiger partial charge on any atom is 0.0710 e. The molecule has 1 aromatic carbocycles. The molecule has 0 amide bonds. The van der Waals surface area contributed by atoms with Crippen molar-refractivity contribution in [2.24, 2.45) is 11.7 Å². The van der Waals surface area contributed by atoms with E-state index in [2.05, 4.69) is 34.1 Å². The molecule has 1 aliphatic heterocycles. The molecule has 3 rings (SSSR count). The average molecular weight is 311 g/mol. The first-order valence-corrected chi connectivity index (χ1v) is 8.32. The number of nitrogens with zero attached hydrogens (tertiary/aromatic N) is 2. The molecule has 2 atom stereocenters. The first-order valence-electron chi connectivity index (χ1n) is 8.32. The predicted molar refractivity (Wildman–Crippen MR) is 91.9 cm³/mol. The molecule has 0 bridgehead atoms. The van der Waals surface area contributed by atoms with E-state index in [1.807, 2.05) is 24.5 Å². The monoisotopic (exact) mass is 311 g/mol. The lowest BCUT2D eigenvalue weighted by molar-refractivity contribution is 0.141. The van der Waals surface area contributed by atoms with Crippen molar-refractivity contribution in [1.82, 2.24) is 9.88 Å². The second kappa shape index (κ2) is 7.68. The normalized spacial score (nSPS) is 21.7. The number of pyridine rings is 1. The van der Waals surface area contributed by atoms with E-state index in [0.717, 1.165) is 32.5 Å². The summed E-state index contributed by atoms with van der Waals surface area (Å²) in [5.74, 6) is 0.300. The number of hydrogen-bond acceptors (Lipinski definition) is 4. The van der Waals surface area contributed by atoms with Crippen molar-refractivity contribution in [3.63, 3.8) is 0 Å². The van der Waals surface area contributed by atoms with Gasteiger partial charge in [0.15, 0.2) is 0 Å². The van der Waals surface area contributed by atoms with Gasteiger partial charge < -0.3 is 10.8 Å². The van der Waals surface area contributed by atoms with Gasteiger partial charge in [-0.1, -0.05) is 24.3 Å². The van der Waals surface area contributed by atoms with Crippen LogP contribution in [0, 0.1) is 5.92 Å². The van der Waals surface area contributed by atoms with Crippen LogP contribution in [-0.2, 0) is 19.4 Å². The molecular weight excluding hydrogens is 286 g/mol. The Hall–Kier alpha value is -1.75. The number of hydrogen-bond donors (Lipinski definition) is 2. The summed E-state index contributed by atoms with van der Waals surface area (Å²) < 4.78 is 0. The molecule has 122 valence electrons. The standard InChI is InChI=1S/C19H25N3O/c20-8-5-15-1-3-17(4-2-15)12-22-13-18(19(23)14-22)11-16-6-9-21-10-7-16/h1-4,6-7,9-10,18-19,23H,5,8,11-14,20H2/t18-,19-/m1/s1. The minimum Gasteiger partial charge on any atom is -0.391 e. The van der Waals surface area contributed by atoms with E-state index < -0.39 is 0 Å². The van der Waals surface area contributed by atoms with Gasteiger partial charge in [0.1, 0.15) is 0 Å². The molecule has 0 spiro atoms. The SMILES string of the molecule is NCCc1ccc(CN2C[C@@H](Cc3ccncc3)[C@H](O)C2)cc1. The molecule has 0 saturated carbocycles. The Labute approximate surface area is 138 Å². The van der Waals surface area contributed by atoms with Gasteiger partial charge in [-0.05, 0) is 48.2 Å². The summed E-state index contributed by atoms with van der Waals surface area (Å²) in [7, 11) is 0. The molecule has 2 aromatic rings. The molecule has 4 heteroatoms. The number of β-amino-alcohol motifs (C(OH)–C–C–N with tert-alkyl or cyclic N) is 1. The van der Waals surface area contributed by atoms with E-state index in [0.29, 0.717) is 12.5 Å². The van der Waals surface area contributed by atoms with Crippen LogP contribution in [-0.4, -0.2) is 40.7 Å². The fourth-order valence-corrected chi connectivity index (χ4v) is 3.33. The number of aliphatic hydroxyl groups is 1. The van der Waals surface area contributed by atoms with Crippen LogP contribution in [0.1, 0.15) is 16.7 Å². The van der Waals surface area contributed by atoms with Crippen molar-refractivity contribution >= 4 is 0 Å². The minimum atomic E-state index is -0.250. The minimum absolute atomic E-state index is 0.250. The Morgan fingerprint density at radius 3 is 2.39 bits per heavy atom. The zero-order valence-electron chi connectivity index (χ0n) is 13.4. The summed E-state index contributed by atoms with van der Waals surface area (Å²) in [5.41, 5.74) is 9.41. The van der Waals surface area contributed by atoms with Crippen molar-refractivity contribution in [2.45, 2.75) is 25.5 Å². The van der Waals surface area contributed by atoms with Crippen LogP contribution in [0.15, 0.2) is 48.8 Å². The summed E-state index contributed by atoms with van der Waals surface area (Å²) in [4.78, 5) is 6.39. The van der Waals surface area contributed by atoms with Gasteiger partial charge >= 0.3 is 0 Å². The maximum atomic E-state index is 10.3. The average Bonchev–Trinajstić information content (AvgIpc) is 2.90. The molecule has 0 radical (unpaired) electrons. The third-order valence-electron chi connectivity index (χ3n) is 4.59. The number of nitrogens with two attached hydrogens (primary N) is 1. The Morgan fingerprint density at radius 2 is 1.70 bits per heavy atom. The first kappa shape index (κ1) is 16.1. The molecule has 1 aliphatic rings. The Morgan fingerprint density at radius 1 is 1.00 bits per heavy atom. The van der Waals surface area contributed by atoms with Crippen molar-refractivity contribution in [3.8, 4) is 0 Å². The summed E-state index contributed by atoms with van der Waals surface area (Å²) in [6.07, 6.45) is 5.22. The number of aliphatic hydroxyl groups excluding tert-OH is 1. The predicted octanol–water partition coefficient (Wildman–Crippen LogP) is 1.62. The van der Waals surface area contributed by atoms with Crippen LogP contribution in [0.25, 0.3) is 0 Å². The third-order valence-corrected chi connectivity index (χ3v) is 4.59. The van der Waals surface area contributed by atoms with Gasteiger partial charge in [0.25, 0.3) is 0 Å². The molecule has 0 aliphatic carbocycles. The molecule has 1 aromatic heterocycles. The first-order chi connectivity index (χ1) is 11.2. The van der Waals surface area contributed by atoms with E-state index in [1.54, 1.807) is 0 Å². The highest BCUT2D eigenvalue weighted by atomic mass is 16.3. The highest BCUT2D eigenvalue weighted by Crippen LogP contribution is 2.23. The van der Waals surface area contributed by atoms with E-state index >= 15 is 0 Å². The van der Waals surface area contributed by atoms with Crippen molar-refractivity contribution in [2.75, 3.05) is 19.6 Å². The molecule has 1 saturated heterocycles. The van der Waals surface area contributed by atoms with Crippen molar-refractivity contribution < 1.29 is 5.11 Å². The highest BCUT2D eigenvalue weighted by Gasteiger charge is 2.31. The Bertz CT molecular complexity index is 600. The van der Waals surface area contributed by atoms with Crippen LogP contribution in [0.4, 0.5) is 0 Å². The summed E-state index contributed by atoms with van der Waals surface area (Å²) in [6.45, 7) is 3.27. The maximum absolute atomic E-state index is 10.3. The van der Waals surface area contributed by atoms with Gasteiger partial charge in [0.05, 0.1) is 6.10 Å². The van der Waals surface area contributed by atoms with E-state index in [-0.39, 0.29) is 6.10 Å². The van der Waals surface area contributed by atoms with Gasteiger partial charge in [-0.25, -0.2) is 0 Å². The van der Waals surface area contributed by atoms with E-state index in [4.69, 9.17) is 5.73 Å². The lowest BCUT2D eigenvalue weighted by Gasteiger charge is -2.16. The second-order valence-electron chi connectivity index (χ2n) is 6.44. The van der Waals surface area contributed by atoms with Crippen LogP contribution in [0.3, 0.4) is 0 Å². The molecule has 4 nitrogen and oxygen atoms in total. The van der Waals surface area contributed by atoms with Crippen LogP contribution < -0.4 is 5.73 Å². The number of benzene rings is 1. The Kier molecular flexibility index (Phi) is 5.39. The molecule has 0 unspecified atom stereocenters. The van der Waals surface area contributed by atoms with Crippen LogP contribution >= 0.6 is 0 Å². The molecule has 23 heavy (non-hydrogen) atoms. The topological polar surface area (TPSA) is 62.4 Å². The smallest absolute Gasteiger partial charge is 0.0710 e. The van der Waals surface area contributed by atoms with Gasteiger partial charge in [0.2, 0.25) is 0 Å². The number of rotatable bonds is 6. The fourth-order valence-electron chi connectivity index (χ4n) is 3.33. The summed E-state index contributed by atoms with van der Waals surface area (Å²) in [5, 5.41) is 10.3. The third kappa shape index (κ3) is 4.38. The zero-order chi connectivity index (χ0) is 16.1. The number of likely N-dealkylation sites (tertiary alicyclic amines) is 1. The molecular formula is C19H25N3O. The van der Waals surface area contributed by atoms with Gasteiger partial charge in [0, 0.05) is 37.9 Å². The van der Waals surface area contributed by atoms with Gasteiger partial charge in [-0.2, -0.15) is 0 Å². The lowest BCUT2D eigenvalue weighted by atomic mass is 9.97. The van der Waals surface area contributed by atoms with Crippen LogP contribution in [0.2, 0.25) is 0 Å². The summed E-state index contributed by atoms with van der Waals surface area (Å²) in [6, 6.07) is 12.7. The van der Waals surface area contributed by atoms with Crippen molar-refractivity contribution in [1.29, 1.82) is 0 Å². The number of aromatic nitrogens is 1. The quantitative estimate of drug-likeness (QED) is 0.851. The van der Waals surface area contributed by atoms with Crippen LogP contribution in [0.5, 0.6) is 0 Å². The van der Waals surface area contributed by atoms with Gasteiger partial charge in [-0.15, -0.1) is 0 Å². The molecule has 1 fully saturated rings. The molecule has 3 N–H and O–H groups in total. The molecule has 2 heterocycles. The second-order valence-corrected chi connectivity index (χ2v) is 6.44.